The average Bonchev–Trinajstić information content (AvgIpc) is 2.53. The van der Waals surface area contributed by atoms with Gasteiger partial charge in [-0.15, -0.1) is 11.3 Å². The van der Waals surface area contributed by atoms with E-state index < -0.39 is 5.97 Å². The predicted octanol–water partition coefficient (Wildman–Crippen LogP) is 2.58. The molecule has 0 spiro atoms. The number of aromatic carboxylic acids is 1. The predicted molar refractivity (Wildman–Crippen MR) is 48.1 cm³/mol. The van der Waals surface area contributed by atoms with Crippen molar-refractivity contribution in [2.45, 2.75) is 0 Å². The van der Waals surface area contributed by atoms with Crippen LogP contribution in [0.25, 0.3) is 10.2 Å². The Kier molecular flexibility index (Phi) is 1.59. The van der Waals surface area contributed by atoms with Gasteiger partial charge in [-0.1, -0.05) is 11.6 Å². The maximum Gasteiger partial charge on any atom is 0.352 e. The normalized spacial score (nSPS) is 10.8. The van der Waals surface area contributed by atoms with Crippen LogP contribution in [-0.4, -0.2) is 16.1 Å². The monoisotopic (exact) mass is 201 g/mol. The summed E-state index contributed by atoms with van der Waals surface area (Å²) in [5.41, 5.74) is 0.179. The molecule has 0 saturated heterocycles. The molecule has 0 aromatic carbocycles. The molecule has 0 unspecified atom stereocenters. The summed E-state index contributed by atoms with van der Waals surface area (Å²) < 4.78 is 0. The number of carboxylic acid groups (broad SMARTS) is 1. The van der Waals surface area contributed by atoms with Crippen LogP contribution in [0.4, 0.5) is 0 Å². The molecule has 0 amide bonds. The van der Waals surface area contributed by atoms with Crippen LogP contribution in [0.3, 0.4) is 0 Å². The van der Waals surface area contributed by atoms with Gasteiger partial charge >= 0.3 is 5.97 Å². The van der Waals surface area contributed by atoms with Gasteiger partial charge < -0.3 is 10.1 Å². The standard InChI is InChI=1S/C7H4ClNO2S/c8-4-2-12-6-3(4)1-5(9-6)7(10)11/h1-2,9H,(H,10,11). The molecule has 0 aliphatic carbocycles. The van der Waals surface area contributed by atoms with Gasteiger partial charge in [0, 0.05) is 10.8 Å². The second kappa shape index (κ2) is 2.50. The summed E-state index contributed by atoms with van der Waals surface area (Å²) in [6.45, 7) is 0. The molecular weight excluding hydrogens is 198 g/mol. The smallest absolute Gasteiger partial charge is 0.352 e. The van der Waals surface area contributed by atoms with Gasteiger partial charge in [-0.25, -0.2) is 4.79 Å². The molecule has 0 radical (unpaired) electrons. The van der Waals surface area contributed by atoms with Crippen molar-refractivity contribution in [3.05, 3.63) is 22.2 Å². The van der Waals surface area contributed by atoms with Crippen LogP contribution in [0.5, 0.6) is 0 Å². The minimum Gasteiger partial charge on any atom is -0.477 e. The minimum absolute atomic E-state index is 0.179. The number of H-pyrrole nitrogens is 1. The Hall–Kier alpha value is -1.00. The quantitative estimate of drug-likeness (QED) is 0.745. The number of thiophene rings is 1. The van der Waals surface area contributed by atoms with E-state index in [0.717, 1.165) is 10.2 Å². The van der Waals surface area contributed by atoms with E-state index in [-0.39, 0.29) is 5.69 Å². The number of carboxylic acids is 1. The summed E-state index contributed by atoms with van der Waals surface area (Å²) in [6.07, 6.45) is 0. The number of hydrogen-bond acceptors (Lipinski definition) is 2. The molecule has 0 bridgehead atoms. The number of rotatable bonds is 1. The highest BCUT2D eigenvalue weighted by Crippen LogP contribution is 2.29. The van der Waals surface area contributed by atoms with Crippen LogP contribution in [-0.2, 0) is 0 Å². The van der Waals surface area contributed by atoms with E-state index >= 15 is 0 Å². The molecule has 0 aliphatic heterocycles. The fraction of sp³-hybridized carbons (Fsp3) is 0. The average molecular weight is 202 g/mol. The van der Waals surface area contributed by atoms with E-state index in [4.69, 9.17) is 16.7 Å². The largest absolute Gasteiger partial charge is 0.477 e. The molecule has 2 aromatic heterocycles. The highest BCUT2D eigenvalue weighted by Gasteiger charge is 2.10. The van der Waals surface area contributed by atoms with Gasteiger partial charge in [0.25, 0.3) is 0 Å². The first kappa shape index (κ1) is 7.64. The number of hydrogen-bond donors (Lipinski definition) is 2. The molecule has 12 heavy (non-hydrogen) atoms. The van der Waals surface area contributed by atoms with Crippen LogP contribution in [0, 0.1) is 0 Å². The molecule has 2 aromatic rings. The summed E-state index contributed by atoms with van der Waals surface area (Å²) in [5.74, 6) is -0.963. The lowest BCUT2D eigenvalue weighted by molar-refractivity contribution is 0.0691. The lowest BCUT2D eigenvalue weighted by Crippen LogP contribution is -1.94. The van der Waals surface area contributed by atoms with Crippen LogP contribution in [0.1, 0.15) is 10.5 Å². The zero-order valence-corrected chi connectivity index (χ0v) is 7.37. The van der Waals surface area contributed by atoms with E-state index in [2.05, 4.69) is 4.98 Å². The van der Waals surface area contributed by atoms with Crippen molar-refractivity contribution in [3.63, 3.8) is 0 Å². The number of nitrogens with one attached hydrogen (secondary N) is 1. The number of carbonyl (C=O) groups is 1. The summed E-state index contributed by atoms with van der Waals surface area (Å²) >= 11 is 7.19. The first-order valence-electron chi connectivity index (χ1n) is 3.17. The molecule has 0 saturated carbocycles. The second-order valence-electron chi connectivity index (χ2n) is 2.31. The first-order valence-corrected chi connectivity index (χ1v) is 4.43. The van der Waals surface area contributed by atoms with E-state index in [1.807, 2.05) is 0 Å². The van der Waals surface area contributed by atoms with E-state index in [1.54, 1.807) is 5.38 Å². The molecule has 0 fully saturated rings. The maximum absolute atomic E-state index is 10.5. The lowest BCUT2D eigenvalue weighted by atomic mass is 10.3. The molecule has 3 nitrogen and oxygen atoms in total. The second-order valence-corrected chi connectivity index (χ2v) is 3.60. The van der Waals surface area contributed by atoms with Gasteiger partial charge in [-0.3, -0.25) is 0 Å². The van der Waals surface area contributed by atoms with Crippen molar-refractivity contribution in [2.24, 2.45) is 0 Å². The molecule has 2 heterocycles. The zero-order valence-electron chi connectivity index (χ0n) is 5.80. The summed E-state index contributed by atoms with van der Waals surface area (Å²) in [6, 6.07) is 1.54. The molecule has 2 rings (SSSR count). The van der Waals surface area contributed by atoms with Gasteiger partial charge in [0.15, 0.2) is 0 Å². The van der Waals surface area contributed by atoms with Crippen LogP contribution in [0.2, 0.25) is 5.02 Å². The van der Waals surface area contributed by atoms with E-state index in [0.29, 0.717) is 5.02 Å². The van der Waals surface area contributed by atoms with Crippen molar-refractivity contribution >= 4 is 39.1 Å². The van der Waals surface area contributed by atoms with Gasteiger partial charge in [0.05, 0.1) is 5.02 Å². The summed E-state index contributed by atoms with van der Waals surface area (Å²) in [4.78, 5) is 14.1. The Labute approximate surface area is 76.6 Å². The van der Waals surface area contributed by atoms with E-state index in [1.165, 1.54) is 17.4 Å². The Morgan fingerprint density at radius 1 is 1.67 bits per heavy atom. The van der Waals surface area contributed by atoms with Crippen molar-refractivity contribution in [1.82, 2.24) is 4.98 Å². The summed E-state index contributed by atoms with van der Waals surface area (Å²) in [5, 5.41) is 11.8. The molecular formula is C7H4ClNO2S. The zero-order chi connectivity index (χ0) is 8.72. The topological polar surface area (TPSA) is 53.1 Å². The number of aromatic amines is 1. The minimum atomic E-state index is -0.963. The van der Waals surface area contributed by atoms with Crippen molar-refractivity contribution in [3.8, 4) is 0 Å². The molecule has 0 atom stereocenters. The van der Waals surface area contributed by atoms with Crippen LogP contribution >= 0.6 is 22.9 Å². The van der Waals surface area contributed by atoms with Crippen molar-refractivity contribution < 1.29 is 9.90 Å². The Bertz CT molecular complexity index is 445. The number of fused-ring (bicyclic) bond motifs is 1. The van der Waals surface area contributed by atoms with Crippen molar-refractivity contribution in [2.75, 3.05) is 0 Å². The Morgan fingerprint density at radius 2 is 2.42 bits per heavy atom. The number of aromatic nitrogens is 1. The first-order chi connectivity index (χ1) is 5.68. The molecule has 0 aliphatic rings. The van der Waals surface area contributed by atoms with Gasteiger partial charge in [-0.2, -0.15) is 0 Å². The van der Waals surface area contributed by atoms with Gasteiger partial charge in [0.1, 0.15) is 10.5 Å². The van der Waals surface area contributed by atoms with Crippen LogP contribution in [0.15, 0.2) is 11.4 Å². The highest BCUT2D eigenvalue weighted by molar-refractivity contribution is 7.17. The highest BCUT2D eigenvalue weighted by atomic mass is 35.5. The fourth-order valence-electron chi connectivity index (χ4n) is 0.995. The van der Waals surface area contributed by atoms with Crippen molar-refractivity contribution in [1.29, 1.82) is 0 Å². The third kappa shape index (κ3) is 1.00. The molecule has 2 N–H and O–H groups in total. The third-order valence-electron chi connectivity index (χ3n) is 1.55. The SMILES string of the molecule is O=C(O)c1cc2c(Cl)csc2[nH]1. The number of halogens is 1. The molecule has 5 heteroatoms. The van der Waals surface area contributed by atoms with Gasteiger partial charge in [-0.05, 0) is 6.07 Å². The third-order valence-corrected chi connectivity index (χ3v) is 2.90. The molecule has 62 valence electrons. The van der Waals surface area contributed by atoms with E-state index in [9.17, 15) is 4.79 Å². The lowest BCUT2D eigenvalue weighted by Gasteiger charge is -1.82. The summed E-state index contributed by atoms with van der Waals surface area (Å²) in [7, 11) is 0. The Morgan fingerprint density at radius 3 is 3.00 bits per heavy atom. The van der Waals surface area contributed by atoms with Gasteiger partial charge in [0.2, 0.25) is 0 Å². The maximum atomic E-state index is 10.5. The Balaban J connectivity index is 2.70. The van der Waals surface area contributed by atoms with Crippen LogP contribution < -0.4 is 0 Å². The fourth-order valence-corrected chi connectivity index (χ4v) is 2.15.